The summed E-state index contributed by atoms with van der Waals surface area (Å²) >= 11 is 3.53. The van der Waals surface area contributed by atoms with Gasteiger partial charge < -0.3 is 5.11 Å². The number of rotatable bonds is 5. The zero-order chi connectivity index (χ0) is 16.1. The van der Waals surface area contributed by atoms with Crippen molar-refractivity contribution in [1.29, 1.82) is 0 Å². The molecule has 2 aromatic carbocycles. The number of aliphatic hydroxyl groups is 1. The van der Waals surface area contributed by atoms with Crippen molar-refractivity contribution in [3.8, 4) is 0 Å². The van der Waals surface area contributed by atoms with Crippen LogP contribution in [0.2, 0.25) is 0 Å². The minimum absolute atomic E-state index is 0.245. The van der Waals surface area contributed by atoms with Crippen molar-refractivity contribution >= 4 is 15.9 Å². The highest BCUT2D eigenvalue weighted by molar-refractivity contribution is 9.10. The fourth-order valence-corrected chi connectivity index (χ4v) is 3.55. The Hall–Kier alpha value is -1.20. The molecule has 0 amide bonds. The Morgan fingerprint density at radius 2 is 1.48 bits per heavy atom. The molecular formula is C19H23BrN2O. The van der Waals surface area contributed by atoms with Crippen LogP contribution in [0.1, 0.15) is 17.2 Å². The van der Waals surface area contributed by atoms with Crippen molar-refractivity contribution in [1.82, 2.24) is 9.80 Å². The van der Waals surface area contributed by atoms with E-state index in [9.17, 15) is 0 Å². The first-order valence-corrected chi connectivity index (χ1v) is 8.95. The Balaban J connectivity index is 1.83. The largest absolute Gasteiger partial charge is 0.395 e. The molecule has 1 heterocycles. The van der Waals surface area contributed by atoms with Gasteiger partial charge in [-0.05, 0) is 23.3 Å². The molecule has 1 atom stereocenters. The molecule has 23 heavy (non-hydrogen) atoms. The third-order valence-corrected chi connectivity index (χ3v) is 5.02. The first-order valence-electron chi connectivity index (χ1n) is 8.15. The maximum absolute atomic E-state index is 9.12. The molecule has 1 N–H and O–H groups in total. The number of piperazine rings is 1. The molecule has 0 radical (unpaired) electrons. The van der Waals surface area contributed by atoms with Crippen LogP contribution >= 0.6 is 15.9 Å². The maximum Gasteiger partial charge on any atom is 0.0602 e. The van der Waals surface area contributed by atoms with E-state index < -0.39 is 0 Å². The van der Waals surface area contributed by atoms with Crippen molar-refractivity contribution in [2.24, 2.45) is 0 Å². The first-order chi connectivity index (χ1) is 11.3. The van der Waals surface area contributed by atoms with Crippen LogP contribution in [0.4, 0.5) is 0 Å². The molecule has 3 rings (SSSR count). The normalized spacial score (nSPS) is 18.0. The third-order valence-electron chi connectivity index (χ3n) is 4.49. The predicted molar refractivity (Wildman–Crippen MR) is 97.5 cm³/mol. The lowest BCUT2D eigenvalue weighted by atomic mass is 9.96. The molecule has 0 aliphatic carbocycles. The number of hydrogen-bond donors (Lipinski definition) is 1. The zero-order valence-electron chi connectivity index (χ0n) is 13.2. The van der Waals surface area contributed by atoms with Crippen molar-refractivity contribution in [2.45, 2.75) is 6.04 Å². The van der Waals surface area contributed by atoms with Crippen LogP contribution in [0.25, 0.3) is 0 Å². The summed E-state index contributed by atoms with van der Waals surface area (Å²) in [6, 6.07) is 19.7. The molecule has 4 heteroatoms. The SMILES string of the molecule is OCCN1CCN(C(c2ccccc2)c2ccc(Br)cc2)CC1. The van der Waals surface area contributed by atoms with Gasteiger partial charge in [0.1, 0.15) is 0 Å². The number of aliphatic hydroxyl groups excluding tert-OH is 1. The van der Waals surface area contributed by atoms with E-state index in [1.165, 1.54) is 11.1 Å². The molecule has 0 spiro atoms. The molecule has 1 aliphatic rings. The van der Waals surface area contributed by atoms with E-state index in [0.717, 1.165) is 37.2 Å². The van der Waals surface area contributed by atoms with E-state index in [1.807, 2.05) is 0 Å². The van der Waals surface area contributed by atoms with Gasteiger partial charge in [0, 0.05) is 37.2 Å². The minimum Gasteiger partial charge on any atom is -0.395 e. The summed E-state index contributed by atoms with van der Waals surface area (Å²) in [4.78, 5) is 4.88. The number of nitrogens with zero attached hydrogens (tertiary/aromatic N) is 2. The van der Waals surface area contributed by atoms with Gasteiger partial charge in [-0.3, -0.25) is 9.80 Å². The third kappa shape index (κ3) is 4.21. The highest BCUT2D eigenvalue weighted by atomic mass is 79.9. The molecule has 2 aromatic rings. The summed E-state index contributed by atoms with van der Waals surface area (Å²) < 4.78 is 1.11. The van der Waals surface area contributed by atoms with E-state index in [0.29, 0.717) is 6.04 Å². The van der Waals surface area contributed by atoms with Crippen LogP contribution in [0, 0.1) is 0 Å². The summed E-state index contributed by atoms with van der Waals surface area (Å²) in [5, 5.41) is 9.12. The summed E-state index contributed by atoms with van der Waals surface area (Å²) in [6.07, 6.45) is 0. The van der Waals surface area contributed by atoms with E-state index in [-0.39, 0.29) is 6.61 Å². The number of β-amino-alcohol motifs (C(OH)–C–C–N with tert-alkyl or cyclic N) is 1. The molecule has 3 nitrogen and oxygen atoms in total. The molecule has 0 saturated carbocycles. The Kier molecular flexibility index (Phi) is 5.84. The standard InChI is InChI=1S/C19H23BrN2O/c20-18-8-6-17(7-9-18)19(16-4-2-1-3-5-16)22-12-10-21(11-13-22)14-15-23/h1-9,19,23H,10-15H2. The van der Waals surface area contributed by atoms with Gasteiger partial charge in [-0.25, -0.2) is 0 Å². The van der Waals surface area contributed by atoms with E-state index in [1.54, 1.807) is 0 Å². The lowest BCUT2D eigenvalue weighted by Crippen LogP contribution is -2.48. The van der Waals surface area contributed by atoms with Crippen LogP contribution in [0.5, 0.6) is 0 Å². The summed E-state index contributed by atoms with van der Waals surface area (Å²) in [6.45, 7) is 5.10. The highest BCUT2D eigenvalue weighted by Gasteiger charge is 2.26. The lowest BCUT2D eigenvalue weighted by Gasteiger charge is -2.39. The molecule has 0 bridgehead atoms. The molecular weight excluding hydrogens is 352 g/mol. The second kappa shape index (κ2) is 8.06. The van der Waals surface area contributed by atoms with E-state index >= 15 is 0 Å². The molecule has 1 aliphatic heterocycles. The van der Waals surface area contributed by atoms with Gasteiger partial charge in [0.15, 0.2) is 0 Å². The second-order valence-corrected chi connectivity index (χ2v) is 6.88. The number of benzene rings is 2. The monoisotopic (exact) mass is 374 g/mol. The minimum atomic E-state index is 0.245. The fraction of sp³-hybridized carbons (Fsp3) is 0.368. The van der Waals surface area contributed by atoms with Gasteiger partial charge in [0.2, 0.25) is 0 Å². The van der Waals surface area contributed by atoms with Crippen LogP contribution < -0.4 is 0 Å². The van der Waals surface area contributed by atoms with Crippen LogP contribution in [0.15, 0.2) is 59.1 Å². The van der Waals surface area contributed by atoms with Crippen molar-refractivity contribution in [3.05, 3.63) is 70.2 Å². The second-order valence-electron chi connectivity index (χ2n) is 5.97. The molecule has 1 fully saturated rings. The van der Waals surface area contributed by atoms with Gasteiger partial charge in [-0.2, -0.15) is 0 Å². The van der Waals surface area contributed by atoms with Crippen LogP contribution in [-0.2, 0) is 0 Å². The quantitative estimate of drug-likeness (QED) is 0.870. The lowest BCUT2D eigenvalue weighted by molar-refractivity contribution is 0.0944. The molecule has 1 saturated heterocycles. The molecule has 122 valence electrons. The highest BCUT2D eigenvalue weighted by Crippen LogP contribution is 2.30. The van der Waals surface area contributed by atoms with Gasteiger partial charge in [0.25, 0.3) is 0 Å². The van der Waals surface area contributed by atoms with E-state index in [4.69, 9.17) is 5.11 Å². The van der Waals surface area contributed by atoms with Gasteiger partial charge >= 0.3 is 0 Å². The van der Waals surface area contributed by atoms with Crippen molar-refractivity contribution in [2.75, 3.05) is 39.3 Å². The Morgan fingerprint density at radius 3 is 2.09 bits per heavy atom. The average Bonchev–Trinajstić information content (AvgIpc) is 2.60. The summed E-state index contributed by atoms with van der Waals surface area (Å²) in [5.74, 6) is 0. The van der Waals surface area contributed by atoms with Crippen molar-refractivity contribution < 1.29 is 5.11 Å². The van der Waals surface area contributed by atoms with Gasteiger partial charge in [-0.1, -0.05) is 58.4 Å². The number of halogens is 1. The number of hydrogen-bond acceptors (Lipinski definition) is 3. The maximum atomic E-state index is 9.12. The van der Waals surface area contributed by atoms with Gasteiger partial charge in [-0.15, -0.1) is 0 Å². The van der Waals surface area contributed by atoms with Gasteiger partial charge in [0.05, 0.1) is 12.6 Å². The van der Waals surface area contributed by atoms with E-state index in [2.05, 4.69) is 80.3 Å². The predicted octanol–water partition coefficient (Wildman–Crippen LogP) is 3.15. The topological polar surface area (TPSA) is 26.7 Å². The molecule has 0 aromatic heterocycles. The summed E-state index contributed by atoms with van der Waals surface area (Å²) in [7, 11) is 0. The Morgan fingerprint density at radius 1 is 0.870 bits per heavy atom. The fourth-order valence-electron chi connectivity index (χ4n) is 3.28. The zero-order valence-corrected chi connectivity index (χ0v) is 14.8. The summed E-state index contributed by atoms with van der Waals surface area (Å²) in [5.41, 5.74) is 2.67. The van der Waals surface area contributed by atoms with Crippen LogP contribution in [-0.4, -0.2) is 54.2 Å². The first kappa shape index (κ1) is 16.7. The smallest absolute Gasteiger partial charge is 0.0602 e. The van der Waals surface area contributed by atoms with Crippen LogP contribution in [0.3, 0.4) is 0 Å². The molecule has 1 unspecified atom stereocenters. The Labute approximate surface area is 146 Å². The average molecular weight is 375 g/mol. The Bertz CT molecular complexity index is 595. The van der Waals surface area contributed by atoms with Crippen molar-refractivity contribution in [3.63, 3.8) is 0 Å².